The summed E-state index contributed by atoms with van der Waals surface area (Å²) in [5.41, 5.74) is 1.40. The third-order valence-corrected chi connectivity index (χ3v) is 3.43. The van der Waals surface area contributed by atoms with Crippen LogP contribution in [0.25, 0.3) is 0 Å². The Kier molecular flexibility index (Phi) is 5.21. The summed E-state index contributed by atoms with van der Waals surface area (Å²) in [5.74, 6) is 0. The van der Waals surface area contributed by atoms with Crippen molar-refractivity contribution in [2.75, 3.05) is 6.54 Å². The van der Waals surface area contributed by atoms with Crippen molar-refractivity contribution < 1.29 is 0 Å². The van der Waals surface area contributed by atoms with Gasteiger partial charge >= 0.3 is 0 Å². The van der Waals surface area contributed by atoms with E-state index in [0.29, 0.717) is 6.04 Å². The molecule has 2 aromatic heterocycles. The van der Waals surface area contributed by atoms with Gasteiger partial charge in [-0.25, -0.2) is 4.98 Å². The van der Waals surface area contributed by atoms with Crippen LogP contribution in [0.5, 0.6) is 0 Å². The lowest BCUT2D eigenvalue weighted by Gasteiger charge is -2.14. The summed E-state index contributed by atoms with van der Waals surface area (Å²) >= 11 is 0. The molecule has 0 spiro atoms. The Balaban J connectivity index is 1.83. The molecule has 0 aliphatic carbocycles. The van der Waals surface area contributed by atoms with Crippen LogP contribution in [0.1, 0.15) is 38.3 Å². The fourth-order valence-electron chi connectivity index (χ4n) is 2.40. The fourth-order valence-corrected chi connectivity index (χ4v) is 2.40. The topological polar surface area (TPSA) is 34.8 Å². The van der Waals surface area contributed by atoms with Crippen LogP contribution in [0.15, 0.2) is 37.2 Å². The fraction of sp³-hybridized carbons (Fsp3) is 0.533. The highest BCUT2D eigenvalue weighted by molar-refractivity contribution is 5.15. The summed E-state index contributed by atoms with van der Waals surface area (Å²) < 4.78 is 4.41. The molecule has 2 rings (SSSR count). The van der Waals surface area contributed by atoms with Crippen LogP contribution in [0, 0.1) is 0 Å². The van der Waals surface area contributed by atoms with Crippen LogP contribution in [0.4, 0.5) is 0 Å². The number of rotatable bonds is 8. The summed E-state index contributed by atoms with van der Waals surface area (Å²) in [4.78, 5) is 4.05. The Labute approximate surface area is 115 Å². The van der Waals surface area contributed by atoms with Gasteiger partial charge in [-0.1, -0.05) is 13.8 Å². The van der Waals surface area contributed by atoms with E-state index in [1.807, 2.05) is 18.7 Å². The van der Waals surface area contributed by atoms with Crippen LogP contribution in [0.3, 0.4) is 0 Å². The summed E-state index contributed by atoms with van der Waals surface area (Å²) in [5, 5.41) is 3.51. The average Bonchev–Trinajstić information content (AvgIpc) is 3.07. The number of hydrogen-bond acceptors (Lipinski definition) is 2. The van der Waals surface area contributed by atoms with E-state index < -0.39 is 0 Å². The Morgan fingerprint density at radius 1 is 1.21 bits per heavy atom. The Hall–Kier alpha value is -1.55. The Morgan fingerprint density at radius 3 is 2.74 bits per heavy atom. The van der Waals surface area contributed by atoms with Gasteiger partial charge in [0.25, 0.3) is 0 Å². The number of aryl methyl sites for hydroxylation is 2. The van der Waals surface area contributed by atoms with Crippen molar-refractivity contribution in [3.05, 3.63) is 42.7 Å². The molecular weight excluding hydrogens is 236 g/mol. The highest BCUT2D eigenvalue weighted by Crippen LogP contribution is 2.16. The first-order valence-electron chi connectivity index (χ1n) is 7.18. The zero-order valence-electron chi connectivity index (χ0n) is 11.9. The molecule has 2 heterocycles. The van der Waals surface area contributed by atoms with Crippen LogP contribution >= 0.6 is 0 Å². The van der Waals surface area contributed by atoms with Crippen molar-refractivity contribution in [1.82, 2.24) is 19.4 Å². The van der Waals surface area contributed by atoms with E-state index in [9.17, 15) is 0 Å². The molecule has 0 aliphatic heterocycles. The molecule has 0 aliphatic rings. The van der Waals surface area contributed by atoms with E-state index in [-0.39, 0.29) is 0 Å². The smallest absolute Gasteiger partial charge is 0.0945 e. The van der Waals surface area contributed by atoms with Crippen LogP contribution in [-0.2, 0) is 13.1 Å². The zero-order valence-corrected chi connectivity index (χ0v) is 11.9. The minimum Gasteiger partial charge on any atom is -0.354 e. The third-order valence-electron chi connectivity index (χ3n) is 3.43. The summed E-state index contributed by atoms with van der Waals surface area (Å²) in [7, 11) is 0. The molecule has 1 N–H and O–H groups in total. The predicted octanol–water partition coefficient (Wildman–Crippen LogP) is 2.84. The van der Waals surface area contributed by atoms with E-state index in [4.69, 9.17) is 0 Å². The molecule has 1 atom stereocenters. The van der Waals surface area contributed by atoms with Crippen LogP contribution in [-0.4, -0.2) is 20.7 Å². The molecule has 0 saturated carbocycles. The molecule has 0 amide bonds. The normalized spacial score (nSPS) is 12.7. The molecule has 0 radical (unpaired) electrons. The largest absolute Gasteiger partial charge is 0.354 e. The molecule has 0 aromatic carbocycles. The van der Waals surface area contributed by atoms with E-state index in [1.54, 1.807) is 0 Å². The Bertz CT molecular complexity index is 458. The van der Waals surface area contributed by atoms with Crippen LogP contribution in [0.2, 0.25) is 0 Å². The van der Waals surface area contributed by atoms with Crippen molar-refractivity contribution in [1.29, 1.82) is 0 Å². The SMILES string of the molecule is CCNC(CC)c1ccn(CCCn2ccnc2)c1. The molecule has 4 heteroatoms. The first kappa shape index (κ1) is 13.9. The number of nitrogens with zero attached hydrogens (tertiary/aromatic N) is 3. The zero-order chi connectivity index (χ0) is 13.5. The highest BCUT2D eigenvalue weighted by atomic mass is 15.0. The lowest BCUT2D eigenvalue weighted by Crippen LogP contribution is -2.19. The van der Waals surface area contributed by atoms with Gasteiger partial charge in [0.2, 0.25) is 0 Å². The van der Waals surface area contributed by atoms with Gasteiger partial charge in [-0.2, -0.15) is 0 Å². The Morgan fingerprint density at radius 2 is 2.05 bits per heavy atom. The molecule has 104 valence electrons. The summed E-state index contributed by atoms with van der Waals surface area (Å²) in [6, 6.07) is 2.72. The summed E-state index contributed by atoms with van der Waals surface area (Å²) in [6.07, 6.45) is 12.4. The van der Waals surface area contributed by atoms with E-state index in [2.05, 4.69) is 51.7 Å². The van der Waals surface area contributed by atoms with Gasteiger partial charge in [0, 0.05) is 43.9 Å². The van der Waals surface area contributed by atoms with Gasteiger partial charge in [-0.15, -0.1) is 0 Å². The first-order valence-corrected chi connectivity index (χ1v) is 7.18. The maximum Gasteiger partial charge on any atom is 0.0945 e. The average molecular weight is 260 g/mol. The van der Waals surface area contributed by atoms with Crippen molar-refractivity contribution in [2.45, 2.75) is 45.8 Å². The van der Waals surface area contributed by atoms with Gasteiger partial charge in [0.15, 0.2) is 0 Å². The number of nitrogens with one attached hydrogen (secondary N) is 1. The second-order valence-corrected chi connectivity index (χ2v) is 4.86. The second-order valence-electron chi connectivity index (χ2n) is 4.86. The monoisotopic (exact) mass is 260 g/mol. The number of hydrogen-bond donors (Lipinski definition) is 1. The first-order chi connectivity index (χ1) is 9.33. The van der Waals surface area contributed by atoms with E-state index in [1.165, 1.54) is 5.56 Å². The van der Waals surface area contributed by atoms with Gasteiger partial charge in [0.1, 0.15) is 0 Å². The van der Waals surface area contributed by atoms with Gasteiger partial charge in [0.05, 0.1) is 6.33 Å². The standard InChI is InChI=1S/C15H24N4/c1-3-15(17-4-2)14-6-10-18(12-14)8-5-9-19-11-7-16-13-19/h6-7,10-13,15,17H,3-5,8-9H2,1-2H3. The maximum atomic E-state index is 4.05. The number of imidazole rings is 1. The third kappa shape index (κ3) is 3.96. The van der Waals surface area contributed by atoms with Gasteiger partial charge in [-0.05, 0) is 31.0 Å². The summed E-state index contributed by atoms with van der Waals surface area (Å²) in [6.45, 7) is 7.48. The predicted molar refractivity (Wildman–Crippen MR) is 78.0 cm³/mol. The molecule has 4 nitrogen and oxygen atoms in total. The van der Waals surface area contributed by atoms with E-state index >= 15 is 0 Å². The molecular formula is C15H24N4. The van der Waals surface area contributed by atoms with Crippen molar-refractivity contribution >= 4 is 0 Å². The number of aromatic nitrogens is 3. The molecule has 0 bridgehead atoms. The van der Waals surface area contributed by atoms with Crippen LogP contribution < -0.4 is 5.32 Å². The van der Waals surface area contributed by atoms with Crippen molar-refractivity contribution in [2.24, 2.45) is 0 Å². The molecule has 2 aromatic rings. The maximum absolute atomic E-state index is 4.05. The highest BCUT2D eigenvalue weighted by Gasteiger charge is 2.08. The molecule has 0 saturated heterocycles. The molecule has 1 unspecified atom stereocenters. The minimum absolute atomic E-state index is 0.486. The van der Waals surface area contributed by atoms with Gasteiger partial charge < -0.3 is 14.5 Å². The van der Waals surface area contributed by atoms with Crippen molar-refractivity contribution in [3.63, 3.8) is 0 Å². The second kappa shape index (κ2) is 7.14. The molecule has 19 heavy (non-hydrogen) atoms. The van der Waals surface area contributed by atoms with Gasteiger partial charge in [-0.3, -0.25) is 0 Å². The van der Waals surface area contributed by atoms with E-state index in [0.717, 1.165) is 32.5 Å². The lowest BCUT2D eigenvalue weighted by atomic mass is 10.1. The lowest BCUT2D eigenvalue weighted by molar-refractivity contribution is 0.531. The quantitative estimate of drug-likeness (QED) is 0.792. The minimum atomic E-state index is 0.486. The van der Waals surface area contributed by atoms with Crippen molar-refractivity contribution in [3.8, 4) is 0 Å². The molecule has 0 fully saturated rings.